The van der Waals surface area contributed by atoms with Crippen molar-refractivity contribution in [3.05, 3.63) is 51.2 Å². The zero-order valence-electron chi connectivity index (χ0n) is 17.3. The summed E-state index contributed by atoms with van der Waals surface area (Å²) in [6.07, 6.45) is 0. The molecular weight excluding hydrogens is 394 g/mol. The quantitative estimate of drug-likeness (QED) is 0.292. The number of benzene rings is 1. The number of nitrogens with zero attached hydrogens (tertiary/aromatic N) is 2. The number of hydrogen-bond acceptors (Lipinski definition) is 9. The third-order valence-electron chi connectivity index (χ3n) is 4.93. The Labute approximate surface area is 173 Å². The van der Waals surface area contributed by atoms with Crippen LogP contribution in [0.1, 0.15) is 32.3 Å². The summed E-state index contributed by atoms with van der Waals surface area (Å²) in [5.41, 5.74) is 5.07. The number of hydrogen-bond donors (Lipinski definition) is 1. The largest absolute Gasteiger partial charge is 0.465 e. The van der Waals surface area contributed by atoms with E-state index >= 15 is 0 Å². The summed E-state index contributed by atoms with van der Waals surface area (Å²) in [7, 11) is 1.47. The van der Waals surface area contributed by atoms with Crippen molar-refractivity contribution in [2.24, 2.45) is 16.1 Å². The summed E-state index contributed by atoms with van der Waals surface area (Å²) in [5.74, 6) is -2.46. The predicted molar refractivity (Wildman–Crippen MR) is 108 cm³/mol. The van der Waals surface area contributed by atoms with E-state index in [-0.39, 0.29) is 42.6 Å². The van der Waals surface area contributed by atoms with Crippen LogP contribution in [0, 0.1) is 15.5 Å². The Kier molecular flexibility index (Phi) is 7.28. The number of nitro benzene ring substituents is 1. The first-order chi connectivity index (χ1) is 14.2. The van der Waals surface area contributed by atoms with Gasteiger partial charge in [0.2, 0.25) is 0 Å². The van der Waals surface area contributed by atoms with Crippen molar-refractivity contribution in [1.82, 2.24) is 0 Å². The lowest BCUT2D eigenvalue weighted by Gasteiger charge is -2.39. The molecule has 0 spiro atoms. The third kappa shape index (κ3) is 4.33. The Hall–Kier alpha value is -3.27. The molecule has 0 radical (unpaired) electrons. The van der Waals surface area contributed by atoms with E-state index in [1.54, 1.807) is 19.9 Å². The number of methoxy groups -OCH3 is 1. The van der Waals surface area contributed by atoms with Crippen LogP contribution in [-0.2, 0) is 23.8 Å². The fraction of sp³-hybridized carbons (Fsp3) is 0.450. The molecule has 2 rings (SSSR count). The molecule has 1 aliphatic heterocycles. The molecule has 1 aromatic rings. The molecule has 0 amide bonds. The minimum atomic E-state index is -1.57. The average molecular weight is 419 g/mol. The average Bonchev–Trinajstić information content (AvgIpc) is 2.70. The van der Waals surface area contributed by atoms with Crippen molar-refractivity contribution in [2.75, 3.05) is 26.9 Å². The number of aliphatic imine (C=N–C) groups is 1. The molecule has 2 atom stereocenters. The molecule has 1 aliphatic rings. The van der Waals surface area contributed by atoms with Gasteiger partial charge in [-0.05, 0) is 26.3 Å². The Bertz CT molecular complexity index is 909. The van der Waals surface area contributed by atoms with E-state index in [1.165, 1.54) is 32.2 Å². The number of non-ortho nitro benzene ring substituents is 1. The summed E-state index contributed by atoms with van der Waals surface area (Å²) in [5, 5.41) is 11.3. The van der Waals surface area contributed by atoms with Gasteiger partial charge in [-0.2, -0.15) is 0 Å². The van der Waals surface area contributed by atoms with Gasteiger partial charge in [-0.3, -0.25) is 14.9 Å². The van der Waals surface area contributed by atoms with Crippen molar-refractivity contribution in [1.29, 1.82) is 0 Å². The lowest BCUT2D eigenvalue weighted by molar-refractivity contribution is -0.384. The van der Waals surface area contributed by atoms with Gasteiger partial charge in [0.15, 0.2) is 0 Å². The minimum absolute atomic E-state index is 0.0108. The number of ether oxygens (including phenoxy) is 3. The first-order valence-electron chi connectivity index (χ1n) is 9.31. The highest BCUT2D eigenvalue weighted by atomic mass is 16.6. The monoisotopic (exact) mass is 419 g/mol. The Morgan fingerprint density at radius 3 is 2.60 bits per heavy atom. The molecule has 10 nitrogen and oxygen atoms in total. The van der Waals surface area contributed by atoms with E-state index < -0.39 is 28.2 Å². The van der Waals surface area contributed by atoms with E-state index in [4.69, 9.17) is 19.9 Å². The van der Waals surface area contributed by atoms with Crippen molar-refractivity contribution in [3.63, 3.8) is 0 Å². The van der Waals surface area contributed by atoms with Gasteiger partial charge in [0.25, 0.3) is 5.69 Å². The summed E-state index contributed by atoms with van der Waals surface area (Å²) in [6.45, 7) is 4.96. The Balaban J connectivity index is 2.69. The second kappa shape index (κ2) is 9.49. The van der Waals surface area contributed by atoms with E-state index in [2.05, 4.69) is 4.99 Å². The van der Waals surface area contributed by atoms with Crippen molar-refractivity contribution in [3.8, 4) is 0 Å². The molecule has 0 aromatic heterocycles. The number of carbonyl (C=O) groups excluding carboxylic acids is 2. The fourth-order valence-electron chi connectivity index (χ4n) is 3.38. The molecule has 0 saturated heterocycles. The van der Waals surface area contributed by atoms with Crippen LogP contribution in [0.5, 0.6) is 0 Å². The van der Waals surface area contributed by atoms with Crippen LogP contribution in [0.25, 0.3) is 0 Å². The van der Waals surface area contributed by atoms with Crippen LogP contribution in [0.15, 0.2) is 40.5 Å². The topological polar surface area (TPSA) is 143 Å². The van der Waals surface area contributed by atoms with Crippen molar-refractivity contribution < 1.29 is 28.7 Å². The van der Waals surface area contributed by atoms with Crippen LogP contribution in [0.3, 0.4) is 0 Å². The SMILES string of the molecule is CCOC(=O)C1(C)C(N)=NC(C)=C(C(=O)OCCOC)C1c1cccc([N+](=O)[O-])c1. The Morgan fingerprint density at radius 1 is 1.30 bits per heavy atom. The second-order valence-electron chi connectivity index (χ2n) is 6.83. The van der Waals surface area contributed by atoms with E-state index in [9.17, 15) is 19.7 Å². The molecule has 1 aromatic carbocycles. The van der Waals surface area contributed by atoms with Crippen molar-refractivity contribution >= 4 is 23.5 Å². The normalized spacial score (nSPS) is 21.1. The second-order valence-corrected chi connectivity index (χ2v) is 6.83. The van der Waals surface area contributed by atoms with Gasteiger partial charge >= 0.3 is 11.9 Å². The number of allylic oxidation sites excluding steroid dienone is 1. The molecule has 162 valence electrons. The highest BCUT2D eigenvalue weighted by Gasteiger charge is 2.53. The van der Waals surface area contributed by atoms with Gasteiger partial charge in [0.05, 0.1) is 29.4 Å². The van der Waals surface area contributed by atoms with E-state index in [0.29, 0.717) is 5.56 Å². The number of nitrogens with two attached hydrogens (primary N) is 1. The number of amidine groups is 1. The van der Waals surface area contributed by atoms with Crippen LogP contribution in [-0.4, -0.2) is 49.6 Å². The molecule has 10 heteroatoms. The summed E-state index contributed by atoms with van der Waals surface area (Å²) >= 11 is 0. The number of nitro groups is 1. The lowest BCUT2D eigenvalue weighted by Crippen LogP contribution is -2.50. The van der Waals surface area contributed by atoms with Crippen LogP contribution >= 0.6 is 0 Å². The molecule has 2 N–H and O–H groups in total. The van der Waals surface area contributed by atoms with Gasteiger partial charge in [0.1, 0.15) is 17.9 Å². The highest BCUT2D eigenvalue weighted by Crippen LogP contribution is 2.47. The van der Waals surface area contributed by atoms with Crippen LogP contribution in [0.4, 0.5) is 5.69 Å². The maximum Gasteiger partial charge on any atom is 0.336 e. The van der Waals surface area contributed by atoms with Gasteiger partial charge in [-0.15, -0.1) is 0 Å². The first kappa shape index (κ1) is 23.0. The maximum atomic E-state index is 13.0. The maximum absolute atomic E-state index is 13.0. The van der Waals surface area contributed by atoms with Gasteiger partial charge in [-0.25, -0.2) is 9.79 Å². The summed E-state index contributed by atoms with van der Waals surface area (Å²) in [6, 6.07) is 5.68. The number of esters is 2. The zero-order valence-corrected chi connectivity index (χ0v) is 17.3. The molecular formula is C20H25N3O7. The first-order valence-corrected chi connectivity index (χ1v) is 9.31. The van der Waals surface area contributed by atoms with E-state index in [0.717, 1.165) is 0 Å². The van der Waals surface area contributed by atoms with Crippen molar-refractivity contribution in [2.45, 2.75) is 26.7 Å². The van der Waals surface area contributed by atoms with Gasteiger partial charge in [-0.1, -0.05) is 12.1 Å². The third-order valence-corrected chi connectivity index (χ3v) is 4.93. The molecule has 0 bridgehead atoms. The zero-order chi connectivity index (χ0) is 22.5. The molecule has 2 unspecified atom stereocenters. The molecule has 0 aliphatic carbocycles. The summed E-state index contributed by atoms with van der Waals surface area (Å²) in [4.78, 5) is 40.8. The highest BCUT2D eigenvalue weighted by molar-refractivity contribution is 6.10. The molecule has 0 fully saturated rings. The standard InChI is InChI=1S/C20H25N3O7/c1-5-29-19(25)20(3)16(13-7-6-8-14(11-13)23(26)27)15(12(2)22-18(20)21)17(24)30-10-9-28-4/h6-8,11,16H,5,9-10H2,1-4H3,(H2,21,22). The molecule has 0 saturated carbocycles. The van der Waals surface area contributed by atoms with Gasteiger partial charge < -0.3 is 19.9 Å². The molecule has 30 heavy (non-hydrogen) atoms. The van der Waals surface area contributed by atoms with Crippen LogP contribution < -0.4 is 5.73 Å². The lowest BCUT2D eigenvalue weighted by atomic mass is 9.66. The Morgan fingerprint density at radius 2 is 2.00 bits per heavy atom. The fourth-order valence-corrected chi connectivity index (χ4v) is 3.38. The van der Waals surface area contributed by atoms with Crippen LogP contribution in [0.2, 0.25) is 0 Å². The van der Waals surface area contributed by atoms with Gasteiger partial charge in [0, 0.05) is 25.2 Å². The molecule has 1 heterocycles. The number of rotatable bonds is 8. The minimum Gasteiger partial charge on any atom is -0.465 e. The predicted octanol–water partition coefficient (Wildman–Crippen LogP) is 2.08. The smallest absolute Gasteiger partial charge is 0.336 e. The number of carbonyl (C=O) groups is 2. The van der Waals surface area contributed by atoms with E-state index in [1.807, 2.05) is 0 Å². The summed E-state index contributed by atoms with van der Waals surface area (Å²) < 4.78 is 15.4.